The van der Waals surface area contributed by atoms with Crippen molar-refractivity contribution in [2.45, 2.75) is 46.5 Å². The molecular formula is C16H24N2O2. The van der Waals surface area contributed by atoms with Crippen LogP contribution in [0.5, 0.6) is 0 Å². The normalized spacial score (nSPS) is 22.6. The molecule has 0 aromatic heterocycles. The molecule has 0 aliphatic heterocycles. The summed E-state index contributed by atoms with van der Waals surface area (Å²) in [6.45, 7) is 7.03. The van der Waals surface area contributed by atoms with Crippen LogP contribution in [0.4, 0.5) is 11.4 Å². The highest BCUT2D eigenvalue weighted by atomic mass is 16.6. The first-order valence-electron chi connectivity index (χ1n) is 7.47. The Balaban J connectivity index is 2.02. The van der Waals surface area contributed by atoms with E-state index in [-0.39, 0.29) is 10.6 Å². The van der Waals surface area contributed by atoms with Gasteiger partial charge in [0.1, 0.15) is 0 Å². The van der Waals surface area contributed by atoms with Crippen molar-refractivity contribution in [1.82, 2.24) is 0 Å². The molecule has 0 amide bonds. The lowest BCUT2D eigenvalue weighted by atomic mass is 9.82. The van der Waals surface area contributed by atoms with Gasteiger partial charge < -0.3 is 5.32 Å². The van der Waals surface area contributed by atoms with Crippen molar-refractivity contribution in [2.24, 2.45) is 11.8 Å². The van der Waals surface area contributed by atoms with Crippen LogP contribution in [-0.4, -0.2) is 11.5 Å². The number of anilines is 1. The van der Waals surface area contributed by atoms with Gasteiger partial charge in [0.15, 0.2) is 0 Å². The number of nitro groups is 1. The fourth-order valence-electron chi connectivity index (χ4n) is 3.19. The maximum atomic E-state index is 10.9. The minimum Gasteiger partial charge on any atom is -0.385 e. The highest BCUT2D eigenvalue weighted by Gasteiger charge is 2.19. The standard InChI is InChI=1S/C16H24N2O2/c1-11-5-4-6-14(7-11)10-17-15-8-13(3)16(18(19)20)9-12(15)2/h8-9,11,14,17H,4-7,10H2,1-3H3. The van der Waals surface area contributed by atoms with Gasteiger partial charge in [0.05, 0.1) is 4.92 Å². The van der Waals surface area contributed by atoms with E-state index in [1.54, 1.807) is 13.0 Å². The SMILES string of the molecule is Cc1cc([N+](=O)[O-])c(C)cc1NCC1CCCC(C)C1. The van der Waals surface area contributed by atoms with Crippen LogP contribution in [0.15, 0.2) is 12.1 Å². The van der Waals surface area contributed by atoms with Crippen LogP contribution in [0.2, 0.25) is 0 Å². The smallest absolute Gasteiger partial charge is 0.272 e. The van der Waals surface area contributed by atoms with E-state index in [4.69, 9.17) is 0 Å². The minimum absolute atomic E-state index is 0.208. The molecule has 1 fully saturated rings. The van der Waals surface area contributed by atoms with Gasteiger partial charge in [0.2, 0.25) is 0 Å². The molecule has 1 aliphatic carbocycles. The molecule has 4 nitrogen and oxygen atoms in total. The Morgan fingerprint density at radius 3 is 2.70 bits per heavy atom. The van der Waals surface area contributed by atoms with E-state index in [1.165, 1.54) is 25.7 Å². The molecule has 1 N–H and O–H groups in total. The number of nitrogens with zero attached hydrogens (tertiary/aromatic N) is 1. The van der Waals surface area contributed by atoms with Gasteiger partial charge in [-0.3, -0.25) is 10.1 Å². The van der Waals surface area contributed by atoms with Crippen LogP contribution in [0.25, 0.3) is 0 Å². The lowest BCUT2D eigenvalue weighted by Gasteiger charge is -2.27. The Bertz CT molecular complexity index is 499. The molecule has 4 heteroatoms. The Morgan fingerprint density at radius 1 is 1.30 bits per heavy atom. The van der Waals surface area contributed by atoms with Crippen molar-refractivity contribution in [3.05, 3.63) is 33.4 Å². The second kappa shape index (κ2) is 6.25. The molecule has 110 valence electrons. The van der Waals surface area contributed by atoms with Crippen molar-refractivity contribution >= 4 is 11.4 Å². The highest BCUT2D eigenvalue weighted by Crippen LogP contribution is 2.30. The molecule has 20 heavy (non-hydrogen) atoms. The third-order valence-corrected chi connectivity index (χ3v) is 4.37. The molecule has 0 bridgehead atoms. The first-order valence-corrected chi connectivity index (χ1v) is 7.47. The second-order valence-electron chi connectivity index (χ2n) is 6.23. The highest BCUT2D eigenvalue weighted by molar-refractivity contribution is 5.59. The fourth-order valence-corrected chi connectivity index (χ4v) is 3.19. The van der Waals surface area contributed by atoms with Crippen LogP contribution in [-0.2, 0) is 0 Å². The number of nitrogens with one attached hydrogen (secondary N) is 1. The van der Waals surface area contributed by atoms with E-state index < -0.39 is 0 Å². The molecule has 2 atom stereocenters. The molecule has 0 spiro atoms. The molecule has 0 saturated heterocycles. The molecule has 1 saturated carbocycles. The first kappa shape index (κ1) is 14.8. The summed E-state index contributed by atoms with van der Waals surface area (Å²) in [4.78, 5) is 10.6. The van der Waals surface area contributed by atoms with Gasteiger partial charge in [-0.1, -0.05) is 19.8 Å². The zero-order valence-corrected chi connectivity index (χ0v) is 12.6. The quantitative estimate of drug-likeness (QED) is 0.653. The Labute approximate surface area is 120 Å². The number of benzene rings is 1. The first-order chi connectivity index (χ1) is 9.47. The second-order valence-corrected chi connectivity index (χ2v) is 6.23. The molecular weight excluding hydrogens is 252 g/mol. The summed E-state index contributed by atoms with van der Waals surface area (Å²) < 4.78 is 0. The molecule has 2 rings (SSSR count). The average molecular weight is 276 g/mol. The van der Waals surface area contributed by atoms with Crippen LogP contribution >= 0.6 is 0 Å². The Hall–Kier alpha value is -1.58. The summed E-state index contributed by atoms with van der Waals surface area (Å²) in [6, 6.07) is 3.57. The molecule has 1 aromatic rings. The topological polar surface area (TPSA) is 55.2 Å². The van der Waals surface area contributed by atoms with E-state index in [0.717, 1.165) is 35.2 Å². The minimum atomic E-state index is -0.311. The summed E-state index contributed by atoms with van der Waals surface area (Å²) in [6.07, 6.45) is 5.26. The van der Waals surface area contributed by atoms with Crippen LogP contribution in [0.3, 0.4) is 0 Å². The van der Waals surface area contributed by atoms with Gasteiger partial charge in [-0.25, -0.2) is 0 Å². The van der Waals surface area contributed by atoms with Gasteiger partial charge in [0, 0.05) is 23.9 Å². The molecule has 0 heterocycles. The maximum absolute atomic E-state index is 10.9. The maximum Gasteiger partial charge on any atom is 0.272 e. The molecule has 1 aliphatic rings. The van der Waals surface area contributed by atoms with Gasteiger partial charge in [0.25, 0.3) is 5.69 Å². The summed E-state index contributed by atoms with van der Waals surface area (Å²) in [5, 5.41) is 14.4. The number of aryl methyl sites for hydroxylation is 2. The monoisotopic (exact) mass is 276 g/mol. The zero-order valence-electron chi connectivity index (χ0n) is 12.6. The number of hydrogen-bond donors (Lipinski definition) is 1. The number of hydrogen-bond acceptors (Lipinski definition) is 3. The van der Waals surface area contributed by atoms with Crippen molar-refractivity contribution in [2.75, 3.05) is 11.9 Å². The summed E-state index contributed by atoms with van der Waals surface area (Å²) in [5.74, 6) is 1.56. The van der Waals surface area contributed by atoms with E-state index >= 15 is 0 Å². The third-order valence-electron chi connectivity index (χ3n) is 4.37. The van der Waals surface area contributed by atoms with Crippen molar-refractivity contribution in [3.63, 3.8) is 0 Å². The van der Waals surface area contributed by atoms with Crippen molar-refractivity contribution in [1.29, 1.82) is 0 Å². The fraction of sp³-hybridized carbons (Fsp3) is 0.625. The van der Waals surface area contributed by atoms with Crippen LogP contribution in [0, 0.1) is 35.8 Å². The number of rotatable bonds is 4. The van der Waals surface area contributed by atoms with Crippen LogP contribution in [0.1, 0.15) is 43.7 Å². The zero-order chi connectivity index (χ0) is 14.7. The average Bonchev–Trinajstić information content (AvgIpc) is 2.39. The van der Waals surface area contributed by atoms with Gasteiger partial charge in [-0.05, 0) is 50.2 Å². The van der Waals surface area contributed by atoms with E-state index in [0.29, 0.717) is 0 Å². The lowest BCUT2D eigenvalue weighted by Crippen LogP contribution is -2.21. The van der Waals surface area contributed by atoms with E-state index in [2.05, 4.69) is 12.2 Å². The Morgan fingerprint density at radius 2 is 2.05 bits per heavy atom. The molecule has 2 unspecified atom stereocenters. The summed E-state index contributed by atoms with van der Waals surface area (Å²) >= 11 is 0. The lowest BCUT2D eigenvalue weighted by molar-refractivity contribution is -0.385. The van der Waals surface area contributed by atoms with Gasteiger partial charge in [-0.15, -0.1) is 0 Å². The van der Waals surface area contributed by atoms with E-state index in [9.17, 15) is 10.1 Å². The van der Waals surface area contributed by atoms with Gasteiger partial charge in [-0.2, -0.15) is 0 Å². The van der Waals surface area contributed by atoms with Crippen molar-refractivity contribution < 1.29 is 4.92 Å². The predicted octanol–water partition coefficient (Wildman–Crippen LogP) is 4.45. The molecule has 1 aromatic carbocycles. The third kappa shape index (κ3) is 3.50. The molecule has 0 radical (unpaired) electrons. The summed E-state index contributed by atoms with van der Waals surface area (Å²) in [7, 11) is 0. The van der Waals surface area contributed by atoms with Crippen molar-refractivity contribution in [3.8, 4) is 0 Å². The van der Waals surface area contributed by atoms with Crippen LogP contribution < -0.4 is 5.32 Å². The Kier molecular flexibility index (Phi) is 4.63. The van der Waals surface area contributed by atoms with E-state index in [1.807, 2.05) is 13.0 Å². The largest absolute Gasteiger partial charge is 0.385 e. The predicted molar refractivity (Wildman–Crippen MR) is 82.2 cm³/mol. The van der Waals surface area contributed by atoms with Gasteiger partial charge >= 0.3 is 0 Å². The summed E-state index contributed by atoms with van der Waals surface area (Å²) in [5.41, 5.74) is 2.91. The number of nitro benzene ring substituents is 1.